The van der Waals surface area contributed by atoms with Gasteiger partial charge in [0, 0.05) is 35.3 Å². The number of likely N-dealkylation sites (tertiary alicyclic amines) is 1. The van der Waals surface area contributed by atoms with E-state index in [0.29, 0.717) is 43.9 Å². The summed E-state index contributed by atoms with van der Waals surface area (Å²) in [5, 5.41) is 21.7. The van der Waals surface area contributed by atoms with E-state index in [9.17, 15) is 28.2 Å². The number of fused-ring (bicyclic) bond motifs is 1. The van der Waals surface area contributed by atoms with E-state index in [0.717, 1.165) is 40.0 Å². The summed E-state index contributed by atoms with van der Waals surface area (Å²) >= 11 is 1.46. The molecule has 10 heteroatoms. The van der Waals surface area contributed by atoms with E-state index in [-0.39, 0.29) is 5.92 Å². The minimum Gasteiger partial charge on any atom is -0.497 e. The Kier molecular flexibility index (Phi) is 9.17. The van der Waals surface area contributed by atoms with Crippen molar-refractivity contribution in [2.45, 2.75) is 36.4 Å². The Hall–Kier alpha value is -2.82. The number of hydrogen-bond acceptors (Lipinski definition) is 6. The number of pyridine rings is 1. The molecule has 0 radical (unpaired) electrons. The topological polar surface area (TPSA) is 82.9 Å². The highest BCUT2D eigenvalue weighted by atomic mass is 32.2. The number of alkyl halides is 3. The van der Waals surface area contributed by atoms with E-state index in [1.807, 2.05) is 18.2 Å². The standard InChI is InChI=1S/C28H31F3N2O4S/c1-37-20-5-8-25-23(16-20)22(10-12-32-25)26(34)9-2-18-11-13-33(17-24(18)27(35)36)14-15-38-21-6-3-19(4-7-21)28(29,30)31/h3-8,10,12,16,18,24,26,34H,2,9,11,13-15,17H2,1H3,(H,35,36)/t18-,24+,26-/m1/s1. The van der Waals surface area contributed by atoms with E-state index in [2.05, 4.69) is 9.88 Å². The van der Waals surface area contributed by atoms with Gasteiger partial charge in [-0.05, 0) is 85.8 Å². The van der Waals surface area contributed by atoms with E-state index in [1.165, 1.54) is 23.9 Å². The van der Waals surface area contributed by atoms with Gasteiger partial charge in [-0.1, -0.05) is 0 Å². The normalized spacial score (nSPS) is 19.4. The van der Waals surface area contributed by atoms with Crippen LogP contribution < -0.4 is 4.74 Å². The third-order valence-electron chi connectivity index (χ3n) is 7.17. The van der Waals surface area contributed by atoms with Crippen LogP contribution in [-0.2, 0) is 11.0 Å². The fraction of sp³-hybridized carbons (Fsp3) is 0.429. The van der Waals surface area contributed by atoms with E-state index in [1.54, 1.807) is 19.4 Å². The third kappa shape index (κ3) is 6.98. The van der Waals surface area contributed by atoms with Crippen molar-refractivity contribution in [2.24, 2.45) is 11.8 Å². The lowest BCUT2D eigenvalue weighted by molar-refractivity contribution is -0.146. The van der Waals surface area contributed by atoms with E-state index >= 15 is 0 Å². The van der Waals surface area contributed by atoms with Crippen molar-refractivity contribution in [2.75, 3.05) is 32.5 Å². The van der Waals surface area contributed by atoms with Crippen LogP contribution in [0.25, 0.3) is 10.9 Å². The van der Waals surface area contributed by atoms with Crippen LogP contribution in [0, 0.1) is 11.8 Å². The lowest BCUT2D eigenvalue weighted by Gasteiger charge is -2.37. The Balaban J connectivity index is 1.30. The van der Waals surface area contributed by atoms with Crippen molar-refractivity contribution in [3.63, 3.8) is 0 Å². The lowest BCUT2D eigenvalue weighted by atomic mass is 9.81. The molecule has 1 saturated heterocycles. The second-order valence-electron chi connectivity index (χ2n) is 9.54. The molecule has 1 fully saturated rings. The molecular formula is C28H31F3N2O4S. The zero-order valence-corrected chi connectivity index (χ0v) is 21.8. The summed E-state index contributed by atoms with van der Waals surface area (Å²) in [6.07, 6.45) is -1.71. The van der Waals surface area contributed by atoms with Gasteiger partial charge in [0.05, 0.1) is 30.2 Å². The molecule has 6 nitrogen and oxygen atoms in total. The first kappa shape index (κ1) is 28.2. The molecule has 3 aromatic rings. The molecule has 0 spiro atoms. The number of carboxylic acids is 1. The van der Waals surface area contributed by atoms with Crippen LogP contribution >= 0.6 is 11.8 Å². The van der Waals surface area contributed by atoms with Crippen LogP contribution in [0.4, 0.5) is 13.2 Å². The van der Waals surface area contributed by atoms with Crippen LogP contribution in [0.5, 0.6) is 5.75 Å². The van der Waals surface area contributed by atoms with Crippen LogP contribution in [0.2, 0.25) is 0 Å². The summed E-state index contributed by atoms with van der Waals surface area (Å²) in [6.45, 7) is 1.81. The molecule has 0 amide bonds. The highest BCUT2D eigenvalue weighted by Gasteiger charge is 2.34. The van der Waals surface area contributed by atoms with E-state index < -0.39 is 29.7 Å². The molecule has 4 rings (SSSR count). The Morgan fingerprint density at radius 1 is 1.21 bits per heavy atom. The number of aliphatic hydroxyl groups excluding tert-OH is 1. The van der Waals surface area contributed by atoms with Gasteiger partial charge in [0.15, 0.2) is 0 Å². The van der Waals surface area contributed by atoms with Gasteiger partial charge in [0.2, 0.25) is 0 Å². The molecular weight excluding hydrogens is 517 g/mol. The molecule has 0 bridgehead atoms. The monoisotopic (exact) mass is 548 g/mol. The second kappa shape index (κ2) is 12.4. The summed E-state index contributed by atoms with van der Waals surface area (Å²) in [6, 6.07) is 12.4. The number of aliphatic carboxylic acids is 1. The number of benzene rings is 2. The van der Waals surface area contributed by atoms with Crippen molar-refractivity contribution >= 4 is 28.6 Å². The number of aliphatic hydroxyl groups is 1. The SMILES string of the molecule is COc1ccc2nccc([C@H](O)CC[C@@H]3CCN(CCSc4ccc(C(F)(F)F)cc4)C[C@@H]3C(=O)O)c2c1. The summed E-state index contributed by atoms with van der Waals surface area (Å²) < 4.78 is 43.5. The van der Waals surface area contributed by atoms with Gasteiger partial charge in [0.1, 0.15) is 5.75 Å². The number of rotatable bonds is 10. The molecule has 1 aliphatic rings. The summed E-state index contributed by atoms with van der Waals surface area (Å²) in [5.74, 6) is -0.109. The summed E-state index contributed by atoms with van der Waals surface area (Å²) in [5.41, 5.74) is 0.835. The maximum atomic E-state index is 12.7. The van der Waals surface area contributed by atoms with Crippen LogP contribution in [0.15, 0.2) is 59.6 Å². The lowest BCUT2D eigenvalue weighted by Crippen LogP contribution is -2.44. The highest BCUT2D eigenvalue weighted by Crippen LogP contribution is 2.34. The van der Waals surface area contributed by atoms with Crippen LogP contribution in [0.1, 0.15) is 36.5 Å². The predicted octanol–water partition coefficient (Wildman–Crippen LogP) is 5.89. The third-order valence-corrected chi connectivity index (χ3v) is 8.16. The summed E-state index contributed by atoms with van der Waals surface area (Å²) in [4.78, 5) is 19.3. The fourth-order valence-corrected chi connectivity index (χ4v) is 5.93. The number of methoxy groups -OCH3 is 1. The van der Waals surface area contributed by atoms with Crippen LogP contribution in [-0.4, -0.2) is 58.6 Å². The number of ether oxygens (including phenoxy) is 1. The minimum atomic E-state index is -4.35. The number of carbonyl (C=O) groups is 1. The summed E-state index contributed by atoms with van der Waals surface area (Å²) in [7, 11) is 1.58. The van der Waals surface area contributed by atoms with Gasteiger partial charge in [-0.2, -0.15) is 13.2 Å². The number of halogens is 3. The Morgan fingerprint density at radius 2 is 1.97 bits per heavy atom. The largest absolute Gasteiger partial charge is 0.497 e. The highest BCUT2D eigenvalue weighted by molar-refractivity contribution is 7.99. The van der Waals surface area contributed by atoms with Crippen LogP contribution in [0.3, 0.4) is 0 Å². The van der Waals surface area contributed by atoms with Gasteiger partial charge < -0.3 is 19.8 Å². The molecule has 0 saturated carbocycles. The van der Waals surface area contributed by atoms with Gasteiger partial charge in [-0.25, -0.2) is 0 Å². The second-order valence-corrected chi connectivity index (χ2v) is 10.7. The quantitative estimate of drug-likeness (QED) is 0.306. The maximum absolute atomic E-state index is 12.7. The molecule has 2 aromatic carbocycles. The van der Waals surface area contributed by atoms with Gasteiger partial charge in [0.25, 0.3) is 0 Å². The molecule has 204 valence electrons. The Morgan fingerprint density at radius 3 is 2.66 bits per heavy atom. The first-order chi connectivity index (χ1) is 18.2. The Bertz CT molecular complexity index is 1240. The number of carboxylic acid groups (broad SMARTS) is 1. The molecule has 38 heavy (non-hydrogen) atoms. The maximum Gasteiger partial charge on any atom is 0.416 e. The number of hydrogen-bond donors (Lipinski definition) is 2. The van der Waals surface area contributed by atoms with Crippen molar-refractivity contribution in [1.29, 1.82) is 0 Å². The zero-order chi connectivity index (χ0) is 27.3. The molecule has 2 heterocycles. The van der Waals surface area contributed by atoms with Gasteiger partial charge in [-0.3, -0.25) is 9.78 Å². The molecule has 3 atom stereocenters. The fourth-order valence-electron chi connectivity index (χ4n) is 5.02. The minimum absolute atomic E-state index is 0.0522. The molecule has 0 aliphatic carbocycles. The van der Waals surface area contributed by atoms with Gasteiger partial charge in [-0.15, -0.1) is 11.8 Å². The van der Waals surface area contributed by atoms with E-state index in [4.69, 9.17) is 4.74 Å². The number of aromatic nitrogens is 1. The first-order valence-corrected chi connectivity index (χ1v) is 13.5. The number of thioether (sulfide) groups is 1. The molecule has 0 unspecified atom stereocenters. The van der Waals surface area contributed by atoms with Crippen molar-refractivity contribution in [1.82, 2.24) is 9.88 Å². The Labute approximate surface area is 223 Å². The first-order valence-electron chi connectivity index (χ1n) is 12.5. The van der Waals surface area contributed by atoms with Crippen molar-refractivity contribution in [3.05, 3.63) is 65.9 Å². The smallest absolute Gasteiger partial charge is 0.416 e. The van der Waals surface area contributed by atoms with Crippen molar-refractivity contribution in [3.8, 4) is 5.75 Å². The van der Waals surface area contributed by atoms with Crippen molar-refractivity contribution < 1.29 is 32.9 Å². The molecule has 1 aromatic heterocycles. The predicted molar refractivity (Wildman–Crippen MR) is 140 cm³/mol. The average molecular weight is 549 g/mol. The zero-order valence-electron chi connectivity index (χ0n) is 21.0. The molecule has 2 N–H and O–H groups in total. The number of nitrogens with zero attached hydrogens (tertiary/aromatic N) is 2. The molecule has 1 aliphatic heterocycles. The van der Waals surface area contributed by atoms with Gasteiger partial charge >= 0.3 is 12.1 Å². The number of piperidine rings is 1. The average Bonchev–Trinajstić information content (AvgIpc) is 2.91.